The Morgan fingerprint density at radius 3 is 2.27 bits per heavy atom. The summed E-state index contributed by atoms with van der Waals surface area (Å²) in [5.41, 5.74) is 0.165. The molecular formula is C22H18F2N2O6S. The molecule has 1 amide bonds. The second-order valence-electron chi connectivity index (χ2n) is 6.62. The van der Waals surface area contributed by atoms with E-state index in [2.05, 4.69) is 10.0 Å². The molecule has 0 saturated carbocycles. The first kappa shape index (κ1) is 23.7. The minimum atomic E-state index is -4.01. The molecule has 3 aromatic carbocycles. The number of amides is 1. The van der Waals surface area contributed by atoms with Crippen LogP contribution >= 0.6 is 0 Å². The minimum absolute atomic E-state index is 0.0207. The Bertz CT molecular complexity index is 1280. The molecule has 0 aliphatic rings. The summed E-state index contributed by atoms with van der Waals surface area (Å²) in [6, 6.07) is 14.0. The van der Waals surface area contributed by atoms with Crippen LogP contribution in [-0.4, -0.2) is 34.0 Å². The summed E-state index contributed by atoms with van der Waals surface area (Å²) in [6.07, 6.45) is 0. The van der Waals surface area contributed by atoms with E-state index >= 15 is 0 Å². The highest BCUT2D eigenvalue weighted by molar-refractivity contribution is 7.92. The molecule has 0 radical (unpaired) electrons. The zero-order chi connectivity index (χ0) is 24.0. The van der Waals surface area contributed by atoms with Crippen LogP contribution in [-0.2, 0) is 19.6 Å². The molecule has 2 N–H and O–H groups in total. The number of hydrogen-bond acceptors (Lipinski definition) is 6. The van der Waals surface area contributed by atoms with Crippen molar-refractivity contribution >= 4 is 33.3 Å². The van der Waals surface area contributed by atoms with Gasteiger partial charge in [0.2, 0.25) is 0 Å². The lowest BCUT2D eigenvalue weighted by Crippen LogP contribution is -2.21. The monoisotopic (exact) mass is 476 g/mol. The van der Waals surface area contributed by atoms with Crippen LogP contribution in [0, 0.1) is 11.6 Å². The van der Waals surface area contributed by atoms with Gasteiger partial charge in [0.25, 0.3) is 15.9 Å². The van der Waals surface area contributed by atoms with Crippen molar-refractivity contribution in [1.82, 2.24) is 0 Å². The lowest BCUT2D eigenvalue weighted by Gasteiger charge is -2.10. The van der Waals surface area contributed by atoms with E-state index in [0.29, 0.717) is 5.75 Å². The fourth-order valence-electron chi connectivity index (χ4n) is 2.65. The third-order valence-electron chi connectivity index (χ3n) is 4.26. The zero-order valence-electron chi connectivity index (χ0n) is 17.2. The molecule has 0 heterocycles. The van der Waals surface area contributed by atoms with Crippen LogP contribution in [0.4, 0.5) is 20.2 Å². The Labute approximate surface area is 188 Å². The summed E-state index contributed by atoms with van der Waals surface area (Å²) >= 11 is 0. The highest BCUT2D eigenvalue weighted by Gasteiger charge is 2.18. The maximum atomic E-state index is 13.2. The van der Waals surface area contributed by atoms with Crippen LogP contribution in [0.5, 0.6) is 5.75 Å². The van der Waals surface area contributed by atoms with E-state index in [1.165, 1.54) is 37.4 Å². The van der Waals surface area contributed by atoms with E-state index in [1.807, 2.05) is 0 Å². The van der Waals surface area contributed by atoms with Gasteiger partial charge in [0.1, 0.15) is 5.75 Å². The van der Waals surface area contributed by atoms with E-state index in [1.54, 1.807) is 12.1 Å². The second-order valence-corrected chi connectivity index (χ2v) is 8.30. The smallest absolute Gasteiger partial charge is 0.338 e. The first-order valence-corrected chi connectivity index (χ1v) is 10.9. The number of hydrogen-bond donors (Lipinski definition) is 2. The van der Waals surface area contributed by atoms with Crippen molar-refractivity contribution in [3.05, 3.63) is 83.9 Å². The molecule has 0 saturated heterocycles. The summed E-state index contributed by atoms with van der Waals surface area (Å²) < 4.78 is 63.7. The number of halogens is 2. The number of carbonyl (C=O) groups is 2. The lowest BCUT2D eigenvalue weighted by molar-refractivity contribution is -0.119. The zero-order valence-corrected chi connectivity index (χ0v) is 18.0. The van der Waals surface area contributed by atoms with Crippen LogP contribution in [0.1, 0.15) is 10.4 Å². The molecule has 0 bridgehead atoms. The van der Waals surface area contributed by atoms with Crippen LogP contribution < -0.4 is 14.8 Å². The van der Waals surface area contributed by atoms with Gasteiger partial charge in [0, 0.05) is 17.4 Å². The van der Waals surface area contributed by atoms with Crippen molar-refractivity contribution in [2.45, 2.75) is 4.90 Å². The number of methoxy groups -OCH3 is 1. The maximum Gasteiger partial charge on any atom is 0.338 e. The second kappa shape index (κ2) is 10.1. The molecule has 33 heavy (non-hydrogen) atoms. The summed E-state index contributed by atoms with van der Waals surface area (Å²) in [6.45, 7) is -0.723. The van der Waals surface area contributed by atoms with E-state index in [4.69, 9.17) is 9.47 Å². The SMILES string of the molecule is COc1ccc(NS(=O)(=O)c2cccc(C(=O)OCC(=O)Nc3ccc(F)c(F)c3)c2)cc1. The van der Waals surface area contributed by atoms with Gasteiger partial charge in [-0.3, -0.25) is 9.52 Å². The van der Waals surface area contributed by atoms with Gasteiger partial charge in [-0.25, -0.2) is 22.0 Å². The van der Waals surface area contributed by atoms with Crippen molar-refractivity contribution in [1.29, 1.82) is 0 Å². The van der Waals surface area contributed by atoms with Crippen molar-refractivity contribution in [2.24, 2.45) is 0 Å². The Kier molecular flexibility index (Phi) is 7.23. The molecule has 0 aliphatic carbocycles. The molecule has 3 aromatic rings. The predicted molar refractivity (Wildman–Crippen MR) is 116 cm³/mol. The Balaban J connectivity index is 1.63. The van der Waals surface area contributed by atoms with Crippen LogP contribution in [0.2, 0.25) is 0 Å². The average molecular weight is 476 g/mol. The lowest BCUT2D eigenvalue weighted by atomic mass is 10.2. The molecule has 0 aliphatic heterocycles. The average Bonchev–Trinajstić information content (AvgIpc) is 2.80. The molecule has 8 nitrogen and oxygen atoms in total. The minimum Gasteiger partial charge on any atom is -0.497 e. The summed E-state index contributed by atoms with van der Waals surface area (Å²) in [7, 11) is -2.53. The summed E-state index contributed by atoms with van der Waals surface area (Å²) in [5.74, 6) is -3.41. The third kappa shape index (κ3) is 6.26. The van der Waals surface area contributed by atoms with Crippen molar-refractivity contribution < 1.29 is 36.3 Å². The first-order valence-electron chi connectivity index (χ1n) is 9.37. The summed E-state index contributed by atoms with van der Waals surface area (Å²) in [5, 5.41) is 2.25. The van der Waals surface area contributed by atoms with Crippen LogP contribution in [0.15, 0.2) is 71.6 Å². The highest BCUT2D eigenvalue weighted by atomic mass is 32.2. The van der Waals surface area contributed by atoms with Crippen LogP contribution in [0.3, 0.4) is 0 Å². The normalized spacial score (nSPS) is 10.9. The number of anilines is 2. The molecule has 0 fully saturated rings. The molecule has 0 aromatic heterocycles. The van der Waals surface area contributed by atoms with Crippen molar-refractivity contribution in [2.75, 3.05) is 23.8 Å². The number of ether oxygens (including phenoxy) is 2. The van der Waals surface area contributed by atoms with Gasteiger partial charge in [0.15, 0.2) is 18.2 Å². The van der Waals surface area contributed by atoms with Gasteiger partial charge in [-0.1, -0.05) is 6.07 Å². The Morgan fingerprint density at radius 1 is 0.909 bits per heavy atom. The van der Waals surface area contributed by atoms with E-state index in [-0.39, 0.29) is 21.8 Å². The van der Waals surface area contributed by atoms with Gasteiger partial charge < -0.3 is 14.8 Å². The summed E-state index contributed by atoms with van der Waals surface area (Å²) in [4.78, 5) is 24.0. The molecule has 3 rings (SSSR count). The number of sulfonamides is 1. The Hall–Kier alpha value is -3.99. The number of carbonyl (C=O) groups excluding carboxylic acids is 2. The molecule has 0 unspecified atom stereocenters. The number of rotatable bonds is 8. The van der Waals surface area contributed by atoms with Gasteiger partial charge >= 0.3 is 5.97 Å². The van der Waals surface area contributed by atoms with E-state index in [9.17, 15) is 26.8 Å². The highest BCUT2D eigenvalue weighted by Crippen LogP contribution is 2.20. The standard InChI is InChI=1S/C22H18F2N2O6S/c1-31-17-8-5-15(6-9-17)26-33(29,30)18-4-2-3-14(11-18)22(28)32-13-21(27)25-16-7-10-19(23)20(24)12-16/h2-12,26H,13H2,1H3,(H,25,27). The molecule has 172 valence electrons. The van der Waals surface area contributed by atoms with Gasteiger partial charge in [-0.2, -0.15) is 0 Å². The molecule has 0 spiro atoms. The molecule has 11 heteroatoms. The topological polar surface area (TPSA) is 111 Å². The third-order valence-corrected chi connectivity index (χ3v) is 5.64. The predicted octanol–water partition coefficient (Wildman–Crippen LogP) is 3.57. The van der Waals surface area contributed by atoms with Gasteiger partial charge in [0.05, 0.1) is 17.6 Å². The largest absolute Gasteiger partial charge is 0.497 e. The Morgan fingerprint density at radius 2 is 1.61 bits per heavy atom. The first-order chi connectivity index (χ1) is 15.7. The van der Waals surface area contributed by atoms with E-state index in [0.717, 1.165) is 24.3 Å². The van der Waals surface area contributed by atoms with Crippen molar-refractivity contribution in [3.63, 3.8) is 0 Å². The van der Waals surface area contributed by atoms with Crippen LogP contribution in [0.25, 0.3) is 0 Å². The fraction of sp³-hybridized carbons (Fsp3) is 0.0909. The molecular weight excluding hydrogens is 458 g/mol. The molecule has 0 atom stereocenters. The maximum absolute atomic E-state index is 13.2. The van der Waals surface area contributed by atoms with Gasteiger partial charge in [-0.05, 0) is 54.6 Å². The van der Waals surface area contributed by atoms with Crippen molar-refractivity contribution in [3.8, 4) is 5.75 Å². The van der Waals surface area contributed by atoms with Gasteiger partial charge in [-0.15, -0.1) is 0 Å². The number of nitrogens with one attached hydrogen (secondary N) is 2. The quantitative estimate of drug-likeness (QED) is 0.481. The van der Waals surface area contributed by atoms with E-state index < -0.39 is 40.1 Å². The fourth-order valence-corrected chi connectivity index (χ4v) is 3.75. The number of benzene rings is 3. The number of esters is 1.